The molecule has 1 fully saturated rings. The molecule has 1 aliphatic carbocycles. The molecule has 1 aromatic heterocycles. The van der Waals surface area contributed by atoms with E-state index in [0.717, 1.165) is 34.9 Å². The van der Waals surface area contributed by atoms with Gasteiger partial charge in [-0.25, -0.2) is 12.7 Å². The highest BCUT2D eigenvalue weighted by molar-refractivity contribution is 7.89. The second-order valence-electron chi connectivity index (χ2n) is 7.86. The van der Waals surface area contributed by atoms with E-state index in [4.69, 9.17) is 0 Å². The quantitative estimate of drug-likeness (QED) is 0.697. The van der Waals surface area contributed by atoms with E-state index in [1.54, 1.807) is 30.4 Å². The zero-order valence-corrected chi connectivity index (χ0v) is 18.6. The molecule has 0 unspecified atom stereocenters. The maximum atomic E-state index is 12.7. The first-order valence-corrected chi connectivity index (χ1v) is 12.0. The topological polar surface area (TPSA) is 86.7 Å². The Labute approximate surface area is 176 Å². The lowest BCUT2D eigenvalue weighted by molar-refractivity contribution is 0.0943. The van der Waals surface area contributed by atoms with Crippen LogP contribution in [0.2, 0.25) is 0 Å². The Morgan fingerprint density at radius 3 is 2.31 bits per heavy atom. The standard InChI is InChI=1S/C21H28N2O4S2/c1-15(24)18-10-11-19(28-18)21(12-4-5-13-21)14-22-20(25)16-6-8-17(9-7-16)29(26,27)23(2)3/h6-11,15,24H,4-5,12-14H2,1-3H3,(H,22,25)/t15-/m0/s1. The number of aliphatic hydroxyl groups is 1. The zero-order valence-electron chi connectivity index (χ0n) is 17.0. The van der Waals surface area contributed by atoms with Gasteiger partial charge in [-0.1, -0.05) is 12.8 Å². The highest BCUT2D eigenvalue weighted by atomic mass is 32.2. The summed E-state index contributed by atoms with van der Waals surface area (Å²) in [6, 6.07) is 10.1. The van der Waals surface area contributed by atoms with Crippen molar-refractivity contribution < 1.29 is 18.3 Å². The number of thiophene rings is 1. The number of nitrogens with one attached hydrogen (secondary N) is 1. The first-order chi connectivity index (χ1) is 13.7. The molecule has 1 aliphatic rings. The fourth-order valence-electron chi connectivity index (χ4n) is 3.77. The van der Waals surface area contributed by atoms with Gasteiger partial charge in [0.25, 0.3) is 5.91 Å². The molecule has 0 saturated heterocycles. The number of hydrogen-bond donors (Lipinski definition) is 2. The van der Waals surface area contributed by atoms with Crippen molar-refractivity contribution in [3.8, 4) is 0 Å². The van der Waals surface area contributed by atoms with Gasteiger partial charge in [0.15, 0.2) is 0 Å². The van der Waals surface area contributed by atoms with Gasteiger partial charge in [0, 0.05) is 41.4 Å². The van der Waals surface area contributed by atoms with E-state index >= 15 is 0 Å². The summed E-state index contributed by atoms with van der Waals surface area (Å²) in [5, 5.41) is 12.9. The minimum atomic E-state index is -3.51. The van der Waals surface area contributed by atoms with Crippen LogP contribution in [0.25, 0.3) is 0 Å². The largest absolute Gasteiger partial charge is 0.388 e. The Morgan fingerprint density at radius 1 is 1.17 bits per heavy atom. The third-order valence-electron chi connectivity index (χ3n) is 5.60. The highest BCUT2D eigenvalue weighted by Crippen LogP contribution is 2.44. The minimum Gasteiger partial charge on any atom is -0.388 e. The van der Waals surface area contributed by atoms with E-state index in [2.05, 4.69) is 11.4 Å². The summed E-state index contributed by atoms with van der Waals surface area (Å²) in [4.78, 5) is 15.0. The van der Waals surface area contributed by atoms with Crippen LogP contribution in [0.3, 0.4) is 0 Å². The first-order valence-electron chi connectivity index (χ1n) is 9.75. The fraction of sp³-hybridized carbons (Fsp3) is 0.476. The Bertz CT molecular complexity index is 957. The monoisotopic (exact) mass is 436 g/mol. The van der Waals surface area contributed by atoms with Crippen molar-refractivity contribution in [3.05, 3.63) is 51.7 Å². The molecule has 29 heavy (non-hydrogen) atoms. The van der Waals surface area contributed by atoms with Gasteiger partial charge in [0.05, 0.1) is 11.0 Å². The molecule has 0 aliphatic heterocycles. The average molecular weight is 437 g/mol. The molecule has 158 valence electrons. The molecule has 1 heterocycles. The molecule has 2 aromatic rings. The van der Waals surface area contributed by atoms with Crippen LogP contribution >= 0.6 is 11.3 Å². The molecular weight excluding hydrogens is 408 g/mol. The van der Waals surface area contributed by atoms with E-state index in [1.165, 1.54) is 31.1 Å². The van der Waals surface area contributed by atoms with Crippen LogP contribution in [0.15, 0.2) is 41.3 Å². The van der Waals surface area contributed by atoms with E-state index in [9.17, 15) is 18.3 Å². The Hall–Kier alpha value is -1.74. The zero-order chi connectivity index (χ0) is 21.2. The summed E-state index contributed by atoms with van der Waals surface area (Å²) in [6.45, 7) is 2.29. The predicted octanol–water partition coefficient (Wildman–Crippen LogP) is 3.29. The minimum absolute atomic E-state index is 0.0956. The van der Waals surface area contributed by atoms with Gasteiger partial charge in [-0.15, -0.1) is 11.3 Å². The normalized spacial score (nSPS) is 17.4. The van der Waals surface area contributed by atoms with E-state index in [-0.39, 0.29) is 16.2 Å². The van der Waals surface area contributed by atoms with Gasteiger partial charge < -0.3 is 10.4 Å². The molecular formula is C21H28N2O4S2. The van der Waals surface area contributed by atoms with Crippen molar-refractivity contribution in [2.45, 2.75) is 49.0 Å². The Morgan fingerprint density at radius 2 is 1.79 bits per heavy atom. The molecule has 1 atom stereocenters. The van der Waals surface area contributed by atoms with Crippen LogP contribution in [0.4, 0.5) is 0 Å². The molecule has 1 aromatic carbocycles. The van der Waals surface area contributed by atoms with Crippen LogP contribution < -0.4 is 5.32 Å². The van der Waals surface area contributed by atoms with Gasteiger partial charge in [0.2, 0.25) is 10.0 Å². The van der Waals surface area contributed by atoms with E-state index < -0.39 is 16.1 Å². The van der Waals surface area contributed by atoms with Crippen molar-refractivity contribution in [2.24, 2.45) is 0 Å². The molecule has 0 bridgehead atoms. The summed E-state index contributed by atoms with van der Waals surface area (Å²) in [5.41, 5.74) is 0.341. The molecule has 3 rings (SSSR count). The van der Waals surface area contributed by atoms with Gasteiger partial charge in [0.1, 0.15) is 0 Å². The number of rotatable bonds is 7. The highest BCUT2D eigenvalue weighted by Gasteiger charge is 2.37. The van der Waals surface area contributed by atoms with E-state index in [0.29, 0.717) is 12.1 Å². The lowest BCUT2D eigenvalue weighted by Gasteiger charge is -2.28. The number of carbonyl (C=O) groups is 1. The Kier molecular flexibility index (Phi) is 6.48. The van der Waals surface area contributed by atoms with Crippen LogP contribution in [-0.4, -0.2) is 44.4 Å². The summed E-state index contributed by atoms with van der Waals surface area (Å²) in [6.07, 6.45) is 3.77. The lowest BCUT2D eigenvalue weighted by atomic mass is 9.84. The third kappa shape index (κ3) is 4.55. The summed E-state index contributed by atoms with van der Waals surface area (Å²) in [5.74, 6) is -0.211. The summed E-state index contributed by atoms with van der Waals surface area (Å²) in [7, 11) is -0.559. The van der Waals surface area contributed by atoms with Crippen LogP contribution in [0, 0.1) is 0 Å². The average Bonchev–Trinajstić information content (AvgIpc) is 3.36. The number of sulfonamides is 1. The SMILES string of the molecule is C[C@H](O)c1ccc(C2(CNC(=O)c3ccc(S(=O)(=O)N(C)C)cc3)CCCC2)s1. The smallest absolute Gasteiger partial charge is 0.251 e. The molecule has 0 spiro atoms. The lowest BCUT2D eigenvalue weighted by Crippen LogP contribution is -2.38. The number of benzene rings is 1. The first kappa shape index (κ1) is 22.0. The maximum absolute atomic E-state index is 12.7. The molecule has 0 radical (unpaired) electrons. The molecule has 8 heteroatoms. The van der Waals surface area contributed by atoms with Crippen molar-refractivity contribution >= 4 is 27.3 Å². The van der Waals surface area contributed by atoms with Crippen molar-refractivity contribution in [1.82, 2.24) is 9.62 Å². The van der Waals surface area contributed by atoms with Gasteiger partial charge in [-0.2, -0.15) is 0 Å². The second-order valence-corrected chi connectivity index (χ2v) is 11.1. The molecule has 1 saturated carbocycles. The molecule has 6 nitrogen and oxygen atoms in total. The van der Waals surface area contributed by atoms with Crippen molar-refractivity contribution in [3.63, 3.8) is 0 Å². The van der Waals surface area contributed by atoms with E-state index in [1.807, 2.05) is 6.07 Å². The van der Waals surface area contributed by atoms with Gasteiger partial charge in [-0.05, 0) is 56.2 Å². The van der Waals surface area contributed by atoms with Crippen LogP contribution in [0.5, 0.6) is 0 Å². The number of carbonyl (C=O) groups excluding carboxylic acids is 1. The fourth-order valence-corrected chi connectivity index (χ4v) is 5.86. The Balaban J connectivity index is 1.72. The maximum Gasteiger partial charge on any atom is 0.251 e. The number of nitrogens with zero attached hydrogens (tertiary/aromatic N) is 1. The van der Waals surface area contributed by atoms with Crippen molar-refractivity contribution in [1.29, 1.82) is 0 Å². The van der Waals surface area contributed by atoms with Crippen LogP contribution in [-0.2, 0) is 15.4 Å². The second kappa shape index (κ2) is 8.55. The number of amides is 1. The number of aliphatic hydroxyl groups excluding tert-OH is 1. The predicted molar refractivity (Wildman–Crippen MR) is 115 cm³/mol. The van der Waals surface area contributed by atoms with Gasteiger partial charge >= 0.3 is 0 Å². The molecule has 1 amide bonds. The van der Waals surface area contributed by atoms with Gasteiger partial charge in [-0.3, -0.25) is 4.79 Å². The third-order valence-corrected chi connectivity index (χ3v) is 8.94. The summed E-state index contributed by atoms with van der Waals surface area (Å²) < 4.78 is 25.5. The van der Waals surface area contributed by atoms with Crippen LogP contribution in [0.1, 0.15) is 58.8 Å². The number of hydrogen-bond acceptors (Lipinski definition) is 5. The molecule has 2 N–H and O–H groups in total. The summed E-state index contributed by atoms with van der Waals surface area (Å²) >= 11 is 1.62. The van der Waals surface area contributed by atoms with Crippen molar-refractivity contribution in [2.75, 3.05) is 20.6 Å².